The molecule has 0 unspecified atom stereocenters. The van der Waals surface area contributed by atoms with Gasteiger partial charge in [-0.05, 0) is 48.2 Å². The summed E-state index contributed by atoms with van der Waals surface area (Å²) >= 11 is 3.54. The predicted octanol–water partition coefficient (Wildman–Crippen LogP) is 4.41. The lowest BCUT2D eigenvalue weighted by Crippen LogP contribution is -1.80. The van der Waals surface area contributed by atoms with Crippen molar-refractivity contribution in [3.8, 4) is 5.75 Å². The quantitative estimate of drug-likeness (QED) is 0.824. The maximum atomic E-state index is 9.19. The minimum atomic E-state index is 0.318. The number of aromatic hydroxyl groups is 1. The monoisotopic (exact) mass is 262 g/mol. The van der Waals surface area contributed by atoms with Gasteiger partial charge in [0.2, 0.25) is 0 Å². The van der Waals surface area contributed by atoms with Crippen LogP contribution in [-0.2, 0) is 5.75 Å². The molecule has 0 aliphatic rings. The first-order valence-corrected chi connectivity index (χ1v) is 7.54. The van der Waals surface area contributed by atoms with Crippen molar-refractivity contribution in [2.75, 3.05) is 6.26 Å². The van der Waals surface area contributed by atoms with Crippen molar-refractivity contribution in [2.24, 2.45) is 0 Å². The predicted molar refractivity (Wildman–Crippen MR) is 75.9 cm³/mol. The third-order valence-corrected chi connectivity index (χ3v) is 4.23. The van der Waals surface area contributed by atoms with Crippen LogP contribution < -0.4 is 0 Å². The van der Waals surface area contributed by atoms with Crippen molar-refractivity contribution in [1.29, 1.82) is 0 Å². The van der Waals surface area contributed by atoms with E-state index in [1.54, 1.807) is 35.7 Å². The highest BCUT2D eigenvalue weighted by atomic mass is 32.2. The first-order valence-electron chi connectivity index (χ1n) is 5.33. The lowest BCUT2D eigenvalue weighted by Gasteiger charge is -2.03. The number of phenolic OH excluding ortho intramolecular Hbond substituents is 1. The SMILES string of the molecule is CSc1ccc(CSc2ccc(O)cc2)cc1. The lowest BCUT2D eigenvalue weighted by molar-refractivity contribution is 0.475. The van der Waals surface area contributed by atoms with Crippen LogP contribution >= 0.6 is 23.5 Å². The van der Waals surface area contributed by atoms with Gasteiger partial charge < -0.3 is 5.11 Å². The Morgan fingerprint density at radius 1 is 0.882 bits per heavy atom. The first-order chi connectivity index (χ1) is 8.28. The van der Waals surface area contributed by atoms with Crippen molar-refractivity contribution in [1.82, 2.24) is 0 Å². The number of rotatable bonds is 4. The van der Waals surface area contributed by atoms with E-state index in [4.69, 9.17) is 0 Å². The third kappa shape index (κ3) is 3.72. The summed E-state index contributed by atoms with van der Waals surface area (Å²) in [5, 5.41) is 9.19. The van der Waals surface area contributed by atoms with Crippen molar-refractivity contribution < 1.29 is 5.11 Å². The summed E-state index contributed by atoms with van der Waals surface area (Å²) < 4.78 is 0. The highest BCUT2D eigenvalue weighted by Crippen LogP contribution is 2.25. The van der Waals surface area contributed by atoms with Gasteiger partial charge in [-0.25, -0.2) is 0 Å². The molecule has 0 saturated heterocycles. The lowest BCUT2D eigenvalue weighted by atomic mass is 10.2. The summed E-state index contributed by atoms with van der Waals surface area (Å²) in [6.45, 7) is 0. The molecule has 0 fully saturated rings. The molecule has 88 valence electrons. The molecular formula is C14H14OS2. The number of hydrogen-bond acceptors (Lipinski definition) is 3. The smallest absolute Gasteiger partial charge is 0.115 e. The molecule has 2 aromatic rings. The zero-order valence-electron chi connectivity index (χ0n) is 9.59. The zero-order chi connectivity index (χ0) is 12.1. The molecule has 0 saturated carbocycles. The number of benzene rings is 2. The molecule has 2 rings (SSSR count). The molecule has 2 aromatic carbocycles. The Morgan fingerprint density at radius 2 is 1.47 bits per heavy atom. The molecule has 0 aliphatic heterocycles. The van der Waals surface area contributed by atoms with Gasteiger partial charge >= 0.3 is 0 Å². The van der Waals surface area contributed by atoms with E-state index in [-0.39, 0.29) is 0 Å². The maximum Gasteiger partial charge on any atom is 0.115 e. The first kappa shape index (κ1) is 12.4. The highest BCUT2D eigenvalue weighted by molar-refractivity contribution is 7.98. The second-order valence-corrected chi connectivity index (χ2v) is 5.56. The molecule has 0 bridgehead atoms. The van der Waals surface area contributed by atoms with Crippen LogP contribution in [0.5, 0.6) is 5.75 Å². The topological polar surface area (TPSA) is 20.2 Å². The Hall–Kier alpha value is -1.06. The van der Waals surface area contributed by atoms with Crippen LogP contribution in [-0.4, -0.2) is 11.4 Å². The molecule has 0 atom stereocenters. The fraction of sp³-hybridized carbons (Fsp3) is 0.143. The van der Waals surface area contributed by atoms with Gasteiger partial charge in [0.1, 0.15) is 5.75 Å². The molecule has 0 aliphatic carbocycles. The van der Waals surface area contributed by atoms with Crippen molar-refractivity contribution in [3.05, 3.63) is 54.1 Å². The van der Waals surface area contributed by atoms with Gasteiger partial charge in [-0.1, -0.05) is 12.1 Å². The minimum Gasteiger partial charge on any atom is -0.508 e. The maximum absolute atomic E-state index is 9.19. The number of hydrogen-bond donors (Lipinski definition) is 1. The molecular weight excluding hydrogens is 248 g/mol. The largest absolute Gasteiger partial charge is 0.508 e. The average Bonchev–Trinajstić information content (AvgIpc) is 2.39. The Morgan fingerprint density at radius 3 is 2.06 bits per heavy atom. The fourth-order valence-electron chi connectivity index (χ4n) is 1.43. The Labute approximate surface area is 110 Å². The van der Waals surface area contributed by atoms with Gasteiger partial charge in [0.15, 0.2) is 0 Å². The molecule has 0 spiro atoms. The van der Waals surface area contributed by atoms with E-state index in [0.717, 1.165) is 5.75 Å². The standard InChI is InChI=1S/C14H14OS2/c1-16-13-6-2-11(3-7-13)10-17-14-8-4-12(15)5-9-14/h2-9,15H,10H2,1H3. The molecule has 1 nitrogen and oxygen atoms in total. The van der Waals surface area contributed by atoms with Gasteiger partial charge in [0.05, 0.1) is 0 Å². The Balaban J connectivity index is 1.95. The van der Waals surface area contributed by atoms with E-state index in [9.17, 15) is 5.11 Å². The molecule has 0 amide bonds. The van der Waals surface area contributed by atoms with Crippen LogP contribution in [0.1, 0.15) is 5.56 Å². The van der Waals surface area contributed by atoms with Gasteiger partial charge in [-0.15, -0.1) is 23.5 Å². The molecule has 3 heteroatoms. The summed E-state index contributed by atoms with van der Waals surface area (Å²) in [4.78, 5) is 2.47. The number of thioether (sulfide) groups is 2. The fourth-order valence-corrected chi connectivity index (χ4v) is 2.69. The molecule has 17 heavy (non-hydrogen) atoms. The molecule has 0 aromatic heterocycles. The van der Waals surface area contributed by atoms with E-state index < -0.39 is 0 Å². The Bertz CT molecular complexity index is 463. The summed E-state index contributed by atoms with van der Waals surface area (Å²) in [6, 6.07) is 16.0. The van der Waals surface area contributed by atoms with E-state index in [1.165, 1.54) is 15.4 Å². The van der Waals surface area contributed by atoms with E-state index >= 15 is 0 Å². The summed E-state index contributed by atoms with van der Waals surface area (Å²) in [5.41, 5.74) is 1.32. The zero-order valence-corrected chi connectivity index (χ0v) is 11.2. The normalized spacial score (nSPS) is 10.4. The van der Waals surface area contributed by atoms with E-state index in [0.29, 0.717) is 5.75 Å². The van der Waals surface area contributed by atoms with Crippen molar-refractivity contribution in [2.45, 2.75) is 15.5 Å². The third-order valence-electron chi connectivity index (χ3n) is 2.40. The van der Waals surface area contributed by atoms with Gasteiger partial charge in [0, 0.05) is 15.5 Å². The van der Waals surface area contributed by atoms with Gasteiger partial charge in [0.25, 0.3) is 0 Å². The molecule has 0 radical (unpaired) electrons. The van der Waals surface area contributed by atoms with Gasteiger partial charge in [-0.3, -0.25) is 0 Å². The van der Waals surface area contributed by atoms with Crippen LogP contribution in [0.2, 0.25) is 0 Å². The molecule has 0 heterocycles. The number of phenols is 1. The summed E-state index contributed by atoms with van der Waals surface area (Å²) in [5.74, 6) is 1.28. The van der Waals surface area contributed by atoms with Crippen LogP contribution in [0.4, 0.5) is 0 Å². The van der Waals surface area contributed by atoms with Crippen molar-refractivity contribution >= 4 is 23.5 Å². The van der Waals surface area contributed by atoms with Crippen LogP contribution in [0, 0.1) is 0 Å². The summed E-state index contributed by atoms with van der Waals surface area (Å²) in [6.07, 6.45) is 2.08. The van der Waals surface area contributed by atoms with Gasteiger partial charge in [-0.2, -0.15) is 0 Å². The second kappa shape index (κ2) is 6.03. The average molecular weight is 262 g/mol. The minimum absolute atomic E-state index is 0.318. The molecule has 1 N–H and O–H groups in total. The van der Waals surface area contributed by atoms with E-state index in [2.05, 4.69) is 30.5 Å². The van der Waals surface area contributed by atoms with Crippen molar-refractivity contribution in [3.63, 3.8) is 0 Å². The highest BCUT2D eigenvalue weighted by Gasteiger charge is 1.97. The van der Waals surface area contributed by atoms with Crippen LogP contribution in [0.3, 0.4) is 0 Å². The Kier molecular flexibility index (Phi) is 4.40. The van der Waals surface area contributed by atoms with E-state index in [1.807, 2.05) is 12.1 Å². The summed E-state index contributed by atoms with van der Waals surface area (Å²) in [7, 11) is 0. The second-order valence-electron chi connectivity index (χ2n) is 3.63. The van der Waals surface area contributed by atoms with Crippen LogP contribution in [0.25, 0.3) is 0 Å². The van der Waals surface area contributed by atoms with Crippen LogP contribution in [0.15, 0.2) is 58.3 Å².